The summed E-state index contributed by atoms with van der Waals surface area (Å²) in [5, 5.41) is 3.29. The SMILES string of the molecule is CNCC1CCCN1Cc1ccccc1Br. The van der Waals surface area contributed by atoms with Gasteiger partial charge in [0.25, 0.3) is 0 Å². The van der Waals surface area contributed by atoms with Crippen LogP contribution in [0.2, 0.25) is 0 Å². The van der Waals surface area contributed by atoms with E-state index in [-0.39, 0.29) is 0 Å². The zero-order valence-corrected chi connectivity index (χ0v) is 11.3. The molecule has 1 heterocycles. The zero-order chi connectivity index (χ0) is 11.4. The van der Waals surface area contributed by atoms with E-state index in [0.717, 1.165) is 13.1 Å². The molecule has 0 spiro atoms. The largest absolute Gasteiger partial charge is 0.318 e. The minimum Gasteiger partial charge on any atom is -0.318 e. The molecule has 16 heavy (non-hydrogen) atoms. The van der Waals surface area contributed by atoms with Crippen molar-refractivity contribution < 1.29 is 0 Å². The van der Waals surface area contributed by atoms with Gasteiger partial charge in [-0.3, -0.25) is 4.90 Å². The average Bonchev–Trinajstić information content (AvgIpc) is 2.70. The Labute approximate surface area is 106 Å². The third-order valence-corrected chi connectivity index (χ3v) is 4.04. The molecular formula is C13H19BrN2. The Morgan fingerprint density at radius 2 is 2.25 bits per heavy atom. The summed E-state index contributed by atoms with van der Waals surface area (Å²) in [4.78, 5) is 2.58. The van der Waals surface area contributed by atoms with Gasteiger partial charge in [0.05, 0.1) is 0 Å². The molecule has 1 aliphatic heterocycles. The summed E-state index contributed by atoms with van der Waals surface area (Å²) in [7, 11) is 2.04. The molecule has 1 aromatic carbocycles. The van der Waals surface area contributed by atoms with Gasteiger partial charge in [-0.2, -0.15) is 0 Å². The van der Waals surface area contributed by atoms with Crippen LogP contribution >= 0.6 is 15.9 Å². The smallest absolute Gasteiger partial charge is 0.0248 e. The maximum Gasteiger partial charge on any atom is 0.0248 e. The Balaban J connectivity index is 2.01. The van der Waals surface area contributed by atoms with E-state index in [0.29, 0.717) is 6.04 Å². The highest BCUT2D eigenvalue weighted by Crippen LogP contribution is 2.23. The predicted octanol–water partition coefficient (Wildman–Crippen LogP) is 2.63. The first-order chi connectivity index (χ1) is 7.81. The van der Waals surface area contributed by atoms with Crippen molar-refractivity contribution in [2.75, 3.05) is 20.1 Å². The number of rotatable bonds is 4. The first kappa shape index (κ1) is 12.1. The minimum atomic E-state index is 0.706. The number of hydrogen-bond donors (Lipinski definition) is 1. The predicted molar refractivity (Wildman–Crippen MR) is 71.5 cm³/mol. The van der Waals surface area contributed by atoms with Crippen molar-refractivity contribution in [2.45, 2.75) is 25.4 Å². The fraction of sp³-hybridized carbons (Fsp3) is 0.538. The number of halogens is 1. The standard InChI is InChI=1S/C13H19BrN2/c1-15-9-12-6-4-8-16(12)10-11-5-2-3-7-13(11)14/h2-3,5,7,12,15H,4,6,8-10H2,1H3. The van der Waals surface area contributed by atoms with Gasteiger partial charge >= 0.3 is 0 Å². The van der Waals surface area contributed by atoms with Gasteiger partial charge in [-0.25, -0.2) is 0 Å². The average molecular weight is 283 g/mol. The number of likely N-dealkylation sites (tertiary alicyclic amines) is 1. The molecule has 0 amide bonds. The summed E-state index contributed by atoms with van der Waals surface area (Å²) in [5.74, 6) is 0. The number of nitrogens with zero attached hydrogens (tertiary/aromatic N) is 1. The highest BCUT2D eigenvalue weighted by Gasteiger charge is 2.23. The van der Waals surface area contributed by atoms with Crippen molar-refractivity contribution in [3.63, 3.8) is 0 Å². The van der Waals surface area contributed by atoms with Crippen LogP contribution in [0.5, 0.6) is 0 Å². The van der Waals surface area contributed by atoms with Gasteiger partial charge in [0.1, 0.15) is 0 Å². The quantitative estimate of drug-likeness (QED) is 0.914. The molecule has 2 rings (SSSR count). The van der Waals surface area contributed by atoms with E-state index in [1.54, 1.807) is 0 Å². The molecule has 2 nitrogen and oxygen atoms in total. The minimum absolute atomic E-state index is 0.706. The van der Waals surface area contributed by atoms with E-state index >= 15 is 0 Å². The van der Waals surface area contributed by atoms with Crippen LogP contribution in [-0.2, 0) is 6.54 Å². The molecule has 0 bridgehead atoms. The molecule has 1 fully saturated rings. The topological polar surface area (TPSA) is 15.3 Å². The molecule has 1 saturated heterocycles. The second-order valence-electron chi connectivity index (χ2n) is 4.42. The lowest BCUT2D eigenvalue weighted by atomic mass is 10.2. The lowest BCUT2D eigenvalue weighted by Gasteiger charge is -2.24. The summed E-state index contributed by atoms with van der Waals surface area (Å²) < 4.78 is 1.23. The fourth-order valence-corrected chi connectivity index (χ4v) is 2.83. The number of benzene rings is 1. The summed E-state index contributed by atoms with van der Waals surface area (Å²) >= 11 is 3.62. The van der Waals surface area contributed by atoms with Crippen LogP contribution in [0.15, 0.2) is 28.7 Å². The molecule has 1 atom stereocenters. The fourth-order valence-electron chi connectivity index (χ4n) is 2.42. The van der Waals surface area contributed by atoms with Crippen molar-refractivity contribution in [3.8, 4) is 0 Å². The van der Waals surface area contributed by atoms with Crippen molar-refractivity contribution in [2.24, 2.45) is 0 Å². The van der Waals surface area contributed by atoms with Gasteiger partial charge in [0, 0.05) is 23.6 Å². The Bertz CT molecular complexity index is 340. The number of nitrogens with one attached hydrogen (secondary N) is 1. The molecule has 0 radical (unpaired) electrons. The Kier molecular flexibility index (Phi) is 4.38. The first-order valence-electron chi connectivity index (χ1n) is 5.93. The number of likely N-dealkylation sites (N-methyl/N-ethyl adjacent to an activating group) is 1. The van der Waals surface area contributed by atoms with Gasteiger partial charge in [0.2, 0.25) is 0 Å². The molecule has 3 heteroatoms. The second-order valence-corrected chi connectivity index (χ2v) is 5.27. The Hall–Kier alpha value is -0.380. The van der Waals surface area contributed by atoms with E-state index in [9.17, 15) is 0 Å². The Morgan fingerprint density at radius 1 is 1.44 bits per heavy atom. The third-order valence-electron chi connectivity index (χ3n) is 3.27. The van der Waals surface area contributed by atoms with E-state index < -0.39 is 0 Å². The lowest BCUT2D eigenvalue weighted by Crippen LogP contribution is -2.36. The summed E-state index contributed by atoms with van der Waals surface area (Å²) in [6, 6.07) is 9.22. The summed E-state index contributed by atoms with van der Waals surface area (Å²) in [5.41, 5.74) is 1.39. The van der Waals surface area contributed by atoms with E-state index in [1.807, 2.05) is 7.05 Å². The van der Waals surface area contributed by atoms with Crippen molar-refractivity contribution in [1.82, 2.24) is 10.2 Å². The first-order valence-corrected chi connectivity index (χ1v) is 6.72. The summed E-state index contributed by atoms with van der Waals surface area (Å²) in [6.45, 7) is 3.39. The van der Waals surface area contributed by atoms with E-state index in [4.69, 9.17) is 0 Å². The van der Waals surface area contributed by atoms with Gasteiger partial charge in [-0.05, 0) is 38.1 Å². The van der Waals surface area contributed by atoms with Crippen LogP contribution in [0.25, 0.3) is 0 Å². The van der Waals surface area contributed by atoms with Gasteiger partial charge in [0.15, 0.2) is 0 Å². The second kappa shape index (κ2) is 5.80. The third kappa shape index (κ3) is 2.84. The van der Waals surface area contributed by atoms with Gasteiger partial charge in [-0.1, -0.05) is 34.1 Å². The van der Waals surface area contributed by atoms with Crippen LogP contribution in [0.4, 0.5) is 0 Å². The van der Waals surface area contributed by atoms with Gasteiger partial charge < -0.3 is 5.32 Å². The van der Waals surface area contributed by atoms with Crippen molar-refractivity contribution >= 4 is 15.9 Å². The molecule has 1 N–H and O–H groups in total. The molecular weight excluding hydrogens is 264 g/mol. The lowest BCUT2D eigenvalue weighted by molar-refractivity contribution is 0.242. The monoisotopic (exact) mass is 282 g/mol. The Morgan fingerprint density at radius 3 is 3.00 bits per heavy atom. The maximum absolute atomic E-state index is 3.62. The molecule has 0 aliphatic carbocycles. The van der Waals surface area contributed by atoms with Crippen molar-refractivity contribution in [1.29, 1.82) is 0 Å². The van der Waals surface area contributed by atoms with E-state index in [2.05, 4.69) is 50.4 Å². The highest BCUT2D eigenvalue weighted by molar-refractivity contribution is 9.10. The number of hydrogen-bond acceptors (Lipinski definition) is 2. The van der Waals surface area contributed by atoms with Crippen LogP contribution in [0, 0.1) is 0 Å². The normalized spacial score (nSPS) is 21.5. The maximum atomic E-state index is 3.62. The van der Waals surface area contributed by atoms with Crippen LogP contribution in [0.1, 0.15) is 18.4 Å². The molecule has 0 saturated carbocycles. The van der Waals surface area contributed by atoms with Gasteiger partial charge in [-0.15, -0.1) is 0 Å². The highest BCUT2D eigenvalue weighted by atomic mass is 79.9. The zero-order valence-electron chi connectivity index (χ0n) is 9.75. The van der Waals surface area contributed by atoms with Crippen LogP contribution in [0.3, 0.4) is 0 Å². The molecule has 0 aromatic heterocycles. The van der Waals surface area contributed by atoms with Crippen molar-refractivity contribution in [3.05, 3.63) is 34.3 Å². The molecule has 1 aromatic rings. The van der Waals surface area contributed by atoms with Crippen LogP contribution in [-0.4, -0.2) is 31.1 Å². The summed E-state index contributed by atoms with van der Waals surface area (Å²) in [6.07, 6.45) is 2.65. The van der Waals surface area contributed by atoms with Crippen LogP contribution < -0.4 is 5.32 Å². The molecule has 1 unspecified atom stereocenters. The molecule has 88 valence electrons. The van der Waals surface area contributed by atoms with E-state index in [1.165, 1.54) is 29.4 Å². The molecule has 1 aliphatic rings.